The molecule has 1 aromatic carbocycles. The molecule has 1 atom stereocenters. The minimum atomic E-state index is -0.727. The van der Waals surface area contributed by atoms with Gasteiger partial charge in [0.15, 0.2) is 5.69 Å². The van der Waals surface area contributed by atoms with E-state index in [1.807, 2.05) is 37.3 Å². The minimum absolute atomic E-state index is 0.0105. The number of carbonyl (C=O) groups excluding carboxylic acids is 3. The lowest BCUT2D eigenvalue weighted by atomic mass is 10.2. The van der Waals surface area contributed by atoms with Gasteiger partial charge in [0.1, 0.15) is 6.04 Å². The molecule has 2 fully saturated rings. The normalized spacial score (nSPS) is 19.8. The average Bonchev–Trinajstić information content (AvgIpc) is 3.27. The van der Waals surface area contributed by atoms with Crippen LogP contribution < -0.4 is 5.32 Å². The van der Waals surface area contributed by atoms with Gasteiger partial charge in [-0.3, -0.25) is 19.7 Å². The topological polar surface area (TPSA) is 84.3 Å². The quantitative estimate of drug-likeness (QED) is 0.849. The number of hydrogen-bond acceptors (Lipinski definition) is 4. The van der Waals surface area contributed by atoms with Crippen molar-refractivity contribution in [3.8, 4) is 5.69 Å². The second-order valence-corrected chi connectivity index (χ2v) is 6.49. The molecular formula is C18H18N4O3. The first kappa shape index (κ1) is 15.6. The summed E-state index contributed by atoms with van der Waals surface area (Å²) in [5.74, 6) is -1.03. The molecule has 1 saturated heterocycles. The number of carbonyl (C=O) groups is 3. The molecule has 7 nitrogen and oxygen atoms in total. The van der Waals surface area contributed by atoms with Crippen molar-refractivity contribution in [2.24, 2.45) is 0 Å². The first-order valence-electron chi connectivity index (χ1n) is 8.33. The molecule has 1 saturated carbocycles. The zero-order valence-electron chi connectivity index (χ0n) is 13.8. The molecule has 2 aliphatic rings. The van der Waals surface area contributed by atoms with Crippen LogP contribution in [-0.4, -0.2) is 44.5 Å². The van der Waals surface area contributed by atoms with Crippen LogP contribution in [0.3, 0.4) is 0 Å². The summed E-state index contributed by atoms with van der Waals surface area (Å²) in [6.45, 7) is 1.88. The lowest BCUT2D eigenvalue weighted by molar-refractivity contribution is -0.126. The van der Waals surface area contributed by atoms with Gasteiger partial charge in [0.25, 0.3) is 5.91 Å². The zero-order valence-corrected chi connectivity index (χ0v) is 13.8. The van der Waals surface area contributed by atoms with Crippen LogP contribution >= 0.6 is 0 Å². The molecule has 2 heterocycles. The van der Waals surface area contributed by atoms with Crippen molar-refractivity contribution in [2.45, 2.75) is 38.3 Å². The van der Waals surface area contributed by atoms with E-state index in [1.165, 1.54) is 4.90 Å². The molecule has 128 valence electrons. The van der Waals surface area contributed by atoms with Crippen molar-refractivity contribution in [1.82, 2.24) is 20.0 Å². The first-order chi connectivity index (χ1) is 12.0. The van der Waals surface area contributed by atoms with E-state index in [9.17, 15) is 14.4 Å². The van der Waals surface area contributed by atoms with E-state index in [2.05, 4.69) is 10.4 Å². The minimum Gasteiger partial charge on any atom is -0.322 e. The van der Waals surface area contributed by atoms with Crippen LogP contribution in [-0.2, 0) is 9.59 Å². The SMILES string of the molecule is Cc1cc(C(=O)N(C2CC2)[C@@H]2CC(=O)NC2=O)nn1-c1ccccc1. The summed E-state index contributed by atoms with van der Waals surface area (Å²) in [4.78, 5) is 38.1. The van der Waals surface area contributed by atoms with E-state index in [-0.39, 0.29) is 24.3 Å². The second kappa shape index (κ2) is 5.84. The van der Waals surface area contributed by atoms with Gasteiger partial charge in [-0.15, -0.1) is 0 Å². The molecule has 0 unspecified atom stereocenters. The van der Waals surface area contributed by atoms with Crippen LogP contribution in [0.4, 0.5) is 0 Å². The molecule has 25 heavy (non-hydrogen) atoms. The highest BCUT2D eigenvalue weighted by atomic mass is 16.2. The van der Waals surface area contributed by atoms with Crippen molar-refractivity contribution >= 4 is 17.7 Å². The van der Waals surface area contributed by atoms with Gasteiger partial charge in [0.2, 0.25) is 11.8 Å². The Balaban J connectivity index is 1.65. The van der Waals surface area contributed by atoms with Gasteiger partial charge in [0, 0.05) is 11.7 Å². The summed E-state index contributed by atoms with van der Waals surface area (Å²) in [5, 5.41) is 6.72. The first-order valence-corrected chi connectivity index (χ1v) is 8.33. The standard InChI is InChI=1S/C18H18N4O3/c1-11-9-14(20-22(11)13-5-3-2-4-6-13)18(25)21(12-7-8-12)15-10-16(23)19-17(15)24/h2-6,9,12,15H,7-8,10H2,1H3,(H,19,23,24)/t15-/m1/s1. The van der Waals surface area contributed by atoms with E-state index >= 15 is 0 Å². The Kier molecular flexibility index (Phi) is 3.63. The molecule has 2 aromatic rings. The molecule has 7 heteroatoms. The van der Waals surface area contributed by atoms with Crippen LogP contribution in [0.5, 0.6) is 0 Å². The number of benzene rings is 1. The molecule has 1 aliphatic heterocycles. The predicted octanol–water partition coefficient (Wildman–Crippen LogP) is 1.20. The van der Waals surface area contributed by atoms with Crippen molar-refractivity contribution in [3.05, 3.63) is 47.8 Å². The maximum Gasteiger partial charge on any atom is 0.275 e. The Bertz CT molecular complexity index is 854. The Labute approximate surface area is 144 Å². The molecule has 3 amide bonds. The Morgan fingerprint density at radius 3 is 2.56 bits per heavy atom. The summed E-state index contributed by atoms with van der Waals surface area (Å²) >= 11 is 0. The van der Waals surface area contributed by atoms with Gasteiger partial charge < -0.3 is 4.90 Å². The molecule has 4 rings (SSSR count). The van der Waals surface area contributed by atoms with Crippen LogP contribution in [0.15, 0.2) is 36.4 Å². The maximum absolute atomic E-state index is 13.0. The Morgan fingerprint density at radius 2 is 1.96 bits per heavy atom. The highest BCUT2D eigenvalue weighted by Crippen LogP contribution is 2.32. The van der Waals surface area contributed by atoms with Gasteiger partial charge in [-0.05, 0) is 38.0 Å². The summed E-state index contributed by atoms with van der Waals surface area (Å²) in [6.07, 6.45) is 1.73. The molecular weight excluding hydrogens is 320 g/mol. The van der Waals surface area contributed by atoms with E-state index in [0.29, 0.717) is 5.69 Å². The molecule has 0 spiro atoms. The number of aromatic nitrogens is 2. The van der Waals surface area contributed by atoms with Crippen molar-refractivity contribution < 1.29 is 14.4 Å². The number of para-hydroxylation sites is 1. The zero-order chi connectivity index (χ0) is 17.6. The third-order valence-corrected chi connectivity index (χ3v) is 4.56. The van der Waals surface area contributed by atoms with E-state index in [1.54, 1.807) is 10.7 Å². The number of amides is 3. The van der Waals surface area contributed by atoms with Crippen LogP contribution in [0.1, 0.15) is 35.4 Å². The molecule has 0 bridgehead atoms. The molecule has 1 aliphatic carbocycles. The van der Waals surface area contributed by atoms with Gasteiger partial charge >= 0.3 is 0 Å². The lowest BCUT2D eigenvalue weighted by Gasteiger charge is -2.25. The summed E-state index contributed by atoms with van der Waals surface area (Å²) in [6, 6.07) is 10.6. The molecule has 1 aromatic heterocycles. The van der Waals surface area contributed by atoms with Crippen LogP contribution in [0.25, 0.3) is 5.69 Å². The van der Waals surface area contributed by atoms with E-state index < -0.39 is 11.9 Å². The number of nitrogens with zero attached hydrogens (tertiary/aromatic N) is 3. The number of hydrogen-bond donors (Lipinski definition) is 1. The molecule has 1 N–H and O–H groups in total. The molecule has 0 radical (unpaired) electrons. The van der Waals surface area contributed by atoms with Crippen LogP contribution in [0.2, 0.25) is 0 Å². The maximum atomic E-state index is 13.0. The predicted molar refractivity (Wildman–Crippen MR) is 89.0 cm³/mol. The van der Waals surface area contributed by atoms with Gasteiger partial charge in [-0.25, -0.2) is 4.68 Å². The van der Waals surface area contributed by atoms with E-state index in [4.69, 9.17) is 0 Å². The van der Waals surface area contributed by atoms with E-state index in [0.717, 1.165) is 24.2 Å². The summed E-state index contributed by atoms with van der Waals surface area (Å²) < 4.78 is 1.71. The van der Waals surface area contributed by atoms with Gasteiger partial charge in [0.05, 0.1) is 12.1 Å². The fraction of sp³-hybridized carbons (Fsp3) is 0.333. The Morgan fingerprint density at radius 1 is 1.24 bits per heavy atom. The van der Waals surface area contributed by atoms with Crippen LogP contribution in [0, 0.1) is 6.92 Å². The summed E-state index contributed by atoms with van der Waals surface area (Å²) in [5.41, 5.74) is 1.99. The third-order valence-electron chi connectivity index (χ3n) is 4.56. The highest BCUT2D eigenvalue weighted by molar-refractivity contribution is 6.08. The number of imide groups is 1. The largest absolute Gasteiger partial charge is 0.322 e. The Hall–Kier alpha value is -2.96. The summed E-state index contributed by atoms with van der Waals surface area (Å²) in [7, 11) is 0. The van der Waals surface area contributed by atoms with Gasteiger partial charge in [-0.2, -0.15) is 5.10 Å². The number of rotatable bonds is 4. The lowest BCUT2D eigenvalue weighted by Crippen LogP contribution is -2.46. The van der Waals surface area contributed by atoms with Crippen molar-refractivity contribution in [3.63, 3.8) is 0 Å². The van der Waals surface area contributed by atoms with Gasteiger partial charge in [-0.1, -0.05) is 18.2 Å². The number of aryl methyl sites for hydroxylation is 1. The van der Waals surface area contributed by atoms with Crippen molar-refractivity contribution in [1.29, 1.82) is 0 Å². The smallest absolute Gasteiger partial charge is 0.275 e. The highest BCUT2D eigenvalue weighted by Gasteiger charge is 2.45. The fourth-order valence-corrected chi connectivity index (χ4v) is 3.22. The monoisotopic (exact) mass is 338 g/mol. The average molecular weight is 338 g/mol. The fourth-order valence-electron chi connectivity index (χ4n) is 3.22. The third kappa shape index (κ3) is 2.82. The number of nitrogens with one attached hydrogen (secondary N) is 1. The second-order valence-electron chi connectivity index (χ2n) is 6.49. The van der Waals surface area contributed by atoms with Crippen molar-refractivity contribution in [2.75, 3.05) is 0 Å².